The largest absolute Gasteiger partial charge is 0.388 e. The second kappa shape index (κ2) is 6.21. The normalized spacial score (nSPS) is 25.1. The van der Waals surface area contributed by atoms with Gasteiger partial charge in [-0.1, -0.05) is 12.1 Å². The lowest BCUT2D eigenvalue weighted by atomic mass is 10.1. The van der Waals surface area contributed by atoms with E-state index < -0.39 is 0 Å². The number of nitrogens with zero attached hydrogens (tertiary/aromatic N) is 1. The molecule has 2 atom stereocenters. The second-order valence-electron chi connectivity index (χ2n) is 5.22. The molecule has 0 saturated carbocycles. The molecule has 1 fully saturated rings. The van der Waals surface area contributed by atoms with E-state index in [1.54, 1.807) is 0 Å². The van der Waals surface area contributed by atoms with Crippen LogP contribution >= 0.6 is 0 Å². The fourth-order valence-electron chi connectivity index (χ4n) is 2.64. The first-order valence-corrected chi connectivity index (χ1v) is 6.82. The summed E-state index contributed by atoms with van der Waals surface area (Å²) < 4.78 is 5.75. The zero-order valence-corrected chi connectivity index (χ0v) is 11.6. The molecule has 2 unspecified atom stereocenters. The summed E-state index contributed by atoms with van der Waals surface area (Å²) in [6.07, 6.45) is 1.82. The molecule has 0 radical (unpaired) electrons. The molecule has 1 aliphatic heterocycles. The Morgan fingerprint density at radius 2 is 2.00 bits per heavy atom. The predicted octanol–water partition coefficient (Wildman–Crippen LogP) is 2.38. The molecule has 2 rings (SSSR count). The first kappa shape index (κ1) is 13.4. The molecule has 3 heteroatoms. The van der Waals surface area contributed by atoms with Crippen molar-refractivity contribution in [3.05, 3.63) is 29.8 Å². The van der Waals surface area contributed by atoms with E-state index >= 15 is 0 Å². The minimum absolute atomic E-state index is 0.359. The minimum atomic E-state index is 0.359. The van der Waals surface area contributed by atoms with Crippen molar-refractivity contribution in [2.45, 2.75) is 32.5 Å². The monoisotopic (exact) mass is 248 g/mol. The number of hydrogen-bond donors (Lipinski definition) is 1. The van der Waals surface area contributed by atoms with Gasteiger partial charge in [-0.3, -0.25) is 4.90 Å². The number of hydrogen-bond acceptors (Lipinski definition) is 3. The summed E-state index contributed by atoms with van der Waals surface area (Å²) in [6, 6.07) is 8.65. The van der Waals surface area contributed by atoms with Crippen LogP contribution in [-0.4, -0.2) is 43.8 Å². The van der Waals surface area contributed by atoms with E-state index in [2.05, 4.69) is 48.3 Å². The van der Waals surface area contributed by atoms with E-state index in [0.717, 1.165) is 26.1 Å². The number of nitrogens with one attached hydrogen (secondary N) is 1. The molecule has 100 valence electrons. The summed E-state index contributed by atoms with van der Waals surface area (Å²) in [4.78, 5) is 2.50. The van der Waals surface area contributed by atoms with Crippen molar-refractivity contribution in [1.29, 1.82) is 0 Å². The molecule has 1 heterocycles. The van der Waals surface area contributed by atoms with Crippen LogP contribution in [0.3, 0.4) is 0 Å². The van der Waals surface area contributed by atoms with Gasteiger partial charge in [-0.15, -0.1) is 0 Å². The molecule has 0 amide bonds. The van der Waals surface area contributed by atoms with E-state index in [4.69, 9.17) is 4.74 Å². The maximum Gasteiger partial charge on any atom is 0.0678 e. The van der Waals surface area contributed by atoms with Gasteiger partial charge in [0.15, 0.2) is 0 Å². The van der Waals surface area contributed by atoms with Crippen LogP contribution in [0.2, 0.25) is 0 Å². The summed E-state index contributed by atoms with van der Waals surface area (Å²) in [5.41, 5.74) is 2.59. The van der Waals surface area contributed by atoms with E-state index in [-0.39, 0.29) is 0 Å². The Balaban J connectivity index is 1.86. The summed E-state index contributed by atoms with van der Waals surface area (Å²) >= 11 is 0. The molecule has 1 aromatic rings. The lowest BCUT2D eigenvalue weighted by molar-refractivity contribution is -0.0675. The average Bonchev–Trinajstić information content (AvgIpc) is 2.35. The predicted molar refractivity (Wildman–Crippen MR) is 76.1 cm³/mol. The van der Waals surface area contributed by atoms with Crippen molar-refractivity contribution in [2.75, 3.05) is 32.0 Å². The maximum atomic E-state index is 5.75. The Bertz CT molecular complexity index is 371. The molecule has 1 N–H and O–H groups in total. The van der Waals surface area contributed by atoms with Crippen LogP contribution in [0.5, 0.6) is 0 Å². The van der Waals surface area contributed by atoms with Crippen LogP contribution in [0.15, 0.2) is 24.3 Å². The molecule has 0 bridgehead atoms. The molecule has 1 aromatic carbocycles. The van der Waals surface area contributed by atoms with E-state index in [0.29, 0.717) is 12.2 Å². The lowest BCUT2D eigenvalue weighted by Gasteiger charge is -2.35. The Morgan fingerprint density at radius 1 is 1.28 bits per heavy atom. The zero-order chi connectivity index (χ0) is 13.0. The highest BCUT2D eigenvalue weighted by atomic mass is 16.5. The van der Waals surface area contributed by atoms with Gasteiger partial charge in [0.2, 0.25) is 0 Å². The second-order valence-corrected chi connectivity index (χ2v) is 5.22. The minimum Gasteiger partial charge on any atom is -0.388 e. The fourth-order valence-corrected chi connectivity index (χ4v) is 2.64. The fraction of sp³-hybridized carbons (Fsp3) is 0.600. The number of ether oxygens (including phenoxy) is 1. The van der Waals surface area contributed by atoms with Crippen molar-refractivity contribution < 1.29 is 4.74 Å². The highest BCUT2D eigenvalue weighted by Crippen LogP contribution is 2.14. The van der Waals surface area contributed by atoms with Gasteiger partial charge in [-0.05, 0) is 38.0 Å². The quantitative estimate of drug-likeness (QED) is 0.885. The summed E-state index contributed by atoms with van der Waals surface area (Å²) in [5.74, 6) is 0. The van der Waals surface area contributed by atoms with Crippen LogP contribution < -0.4 is 5.32 Å². The van der Waals surface area contributed by atoms with Gasteiger partial charge in [-0.2, -0.15) is 0 Å². The molecule has 0 aromatic heterocycles. The zero-order valence-electron chi connectivity index (χ0n) is 11.6. The van der Waals surface area contributed by atoms with Crippen molar-refractivity contribution >= 4 is 5.69 Å². The van der Waals surface area contributed by atoms with Gasteiger partial charge in [0.25, 0.3) is 0 Å². The molecule has 1 aliphatic rings. The third-order valence-corrected chi connectivity index (χ3v) is 3.43. The maximum absolute atomic E-state index is 5.75. The highest BCUT2D eigenvalue weighted by Gasteiger charge is 2.21. The molecule has 0 spiro atoms. The standard InChI is InChI=1S/C15H24N2O/c1-12-10-17(11-13(2)18-12)8-7-14-5-4-6-15(9-14)16-3/h4-6,9,12-13,16H,7-8,10-11H2,1-3H3. The number of morpholine rings is 1. The van der Waals surface area contributed by atoms with E-state index in [1.807, 2.05) is 7.05 Å². The van der Waals surface area contributed by atoms with E-state index in [9.17, 15) is 0 Å². The molecular formula is C15H24N2O. The van der Waals surface area contributed by atoms with Gasteiger partial charge in [-0.25, -0.2) is 0 Å². The van der Waals surface area contributed by atoms with Gasteiger partial charge >= 0.3 is 0 Å². The Labute approximate surface area is 110 Å². The van der Waals surface area contributed by atoms with Crippen molar-refractivity contribution in [1.82, 2.24) is 4.90 Å². The van der Waals surface area contributed by atoms with E-state index in [1.165, 1.54) is 11.3 Å². The lowest BCUT2D eigenvalue weighted by Crippen LogP contribution is -2.46. The molecule has 0 aliphatic carbocycles. The number of rotatable bonds is 4. The SMILES string of the molecule is CNc1cccc(CCN2CC(C)OC(C)C2)c1. The molecule has 18 heavy (non-hydrogen) atoms. The van der Waals surface area contributed by atoms with Crippen LogP contribution in [-0.2, 0) is 11.2 Å². The first-order valence-electron chi connectivity index (χ1n) is 6.82. The summed E-state index contributed by atoms with van der Waals surface area (Å²) in [5, 5.41) is 3.19. The third-order valence-electron chi connectivity index (χ3n) is 3.43. The van der Waals surface area contributed by atoms with Crippen molar-refractivity contribution in [3.8, 4) is 0 Å². The van der Waals surface area contributed by atoms with Crippen LogP contribution in [0.25, 0.3) is 0 Å². The van der Waals surface area contributed by atoms with Crippen LogP contribution in [0.4, 0.5) is 5.69 Å². The first-order chi connectivity index (χ1) is 8.67. The van der Waals surface area contributed by atoms with Crippen LogP contribution in [0.1, 0.15) is 19.4 Å². The highest BCUT2D eigenvalue weighted by molar-refractivity contribution is 5.45. The van der Waals surface area contributed by atoms with Gasteiger partial charge in [0, 0.05) is 32.4 Å². The van der Waals surface area contributed by atoms with Crippen LogP contribution in [0, 0.1) is 0 Å². The smallest absolute Gasteiger partial charge is 0.0678 e. The number of benzene rings is 1. The number of anilines is 1. The van der Waals surface area contributed by atoms with Gasteiger partial charge in [0.05, 0.1) is 12.2 Å². The topological polar surface area (TPSA) is 24.5 Å². The summed E-state index contributed by atoms with van der Waals surface area (Å²) in [7, 11) is 1.96. The molecular weight excluding hydrogens is 224 g/mol. The average molecular weight is 248 g/mol. The Morgan fingerprint density at radius 3 is 2.67 bits per heavy atom. The molecule has 3 nitrogen and oxygen atoms in total. The van der Waals surface area contributed by atoms with Gasteiger partial charge in [0.1, 0.15) is 0 Å². The van der Waals surface area contributed by atoms with Crippen molar-refractivity contribution in [3.63, 3.8) is 0 Å². The van der Waals surface area contributed by atoms with Crippen molar-refractivity contribution in [2.24, 2.45) is 0 Å². The Kier molecular flexibility index (Phi) is 4.61. The Hall–Kier alpha value is -1.06. The van der Waals surface area contributed by atoms with Gasteiger partial charge < -0.3 is 10.1 Å². The summed E-state index contributed by atoms with van der Waals surface area (Å²) in [6.45, 7) is 7.53. The molecule has 1 saturated heterocycles. The third kappa shape index (κ3) is 3.72.